The number of carbonyl (C=O) groups excluding carboxylic acids is 1. The van der Waals surface area contributed by atoms with Gasteiger partial charge in [0.1, 0.15) is 5.75 Å². The van der Waals surface area contributed by atoms with Gasteiger partial charge in [-0.05, 0) is 57.4 Å². The van der Waals surface area contributed by atoms with E-state index in [1.54, 1.807) is 6.92 Å². The van der Waals surface area contributed by atoms with Crippen LogP contribution >= 0.6 is 0 Å². The molecule has 0 saturated carbocycles. The first-order valence-electron chi connectivity index (χ1n) is 7.76. The van der Waals surface area contributed by atoms with Gasteiger partial charge in [-0.15, -0.1) is 0 Å². The van der Waals surface area contributed by atoms with Crippen LogP contribution in [0.25, 0.3) is 0 Å². The van der Waals surface area contributed by atoms with Gasteiger partial charge in [0.05, 0.1) is 6.61 Å². The van der Waals surface area contributed by atoms with Crippen molar-refractivity contribution in [2.24, 2.45) is 0 Å². The molecule has 4 nitrogen and oxygen atoms in total. The number of rotatable bonds is 10. The summed E-state index contributed by atoms with van der Waals surface area (Å²) in [5.74, 6) is 0.362. The van der Waals surface area contributed by atoms with Gasteiger partial charge in [0.15, 0.2) is 6.61 Å². The largest absolute Gasteiger partial charge is 0.482 e. The molecule has 0 aliphatic rings. The molecule has 1 unspecified atom stereocenters. The molecule has 0 amide bonds. The Morgan fingerprint density at radius 2 is 1.95 bits per heavy atom. The molecule has 0 spiro atoms. The molecule has 21 heavy (non-hydrogen) atoms. The lowest BCUT2D eigenvalue weighted by Gasteiger charge is -2.13. The minimum Gasteiger partial charge on any atom is -0.482 e. The number of esters is 1. The molecule has 118 valence electrons. The van der Waals surface area contributed by atoms with Crippen LogP contribution in [0, 0.1) is 0 Å². The molecule has 1 rings (SSSR count). The van der Waals surface area contributed by atoms with E-state index in [9.17, 15) is 4.79 Å². The summed E-state index contributed by atoms with van der Waals surface area (Å²) in [5, 5.41) is 3.48. The van der Waals surface area contributed by atoms with E-state index in [0.29, 0.717) is 18.4 Å². The van der Waals surface area contributed by atoms with Crippen LogP contribution in [0.4, 0.5) is 0 Å². The Kier molecular flexibility index (Phi) is 8.51. The van der Waals surface area contributed by atoms with E-state index in [4.69, 9.17) is 9.47 Å². The Morgan fingerprint density at radius 1 is 1.24 bits per heavy atom. The first-order chi connectivity index (χ1) is 10.2. The van der Waals surface area contributed by atoms with Gasteiger partial charge in [-0.3, -0.25) is 0 Å². The van der Waals surface area contributed by atoms with Crippen molar-refractivity contribution in [2.45, 2.75) is 46.1 Å². The second-order valence-corrected chi connectivity index (χ2v) is 5.13. The minimum atomic E-state index is -0.336. The summed E-state index contributed by atoms with van der Waals surface area (Å²) in [4.78, 5) is 11.2. The number of nitrogens with one attached hydrogen (secondary N) is 1. The zero-order valence-corrected chi connectivity index (χ0v) is 13.4. The summed E-state index contributed by atoms with van der Waals surface area (Å²) in [6.45, 7) is 7.59. The van der Waals surface area contributed by atoms with E-state index in [1.807, 2.05) is 24.3 Å². The number of hydrogen-bond donors (Lipinski definition) is 1. The molecular weight excluding hydrogens is 266 g/mol. The van der Waals surface area contributed by atoms with E-state index in [-0.39, 0.29) is 12.6 Å². The van der Waals surface area contributed by atoms with Gasteiger partial charge in [-0.1, -0.05) is 19.1 Å². The van der Waals surface area contributed by atoms with Crippen LogP contribution in [-0.2, 0) is 16.0 Å². The first kappa shape index (κ1) is 17.5. The highest BCUT2D eigenvalue weighted by atomic mass is 16.6. The molecule has 1 N–H and O–H groups in total. The third-order valence-electron chi connectivity index (χ3n) is 3.19. The summed E-state index contributed by atoms with van der Waals surface area (Å²) < 4.78 is 10.2. The molecule has 0 heterocycles. The number of ether oxygens (including phenoxy) is 2. The van der Waals surface area contributed by atoms with Gasteiger partial charge >= 0.3 is 5.97 Å². The molecule has 1 aromatic carbocycles. The molecule has 0 fully saturated rings. The second kappa shape index (κ2) is 10.2. The maximum Gasteiger partial charge on any atom is 0.344 e. The Balaban J connectivity index is 2.31. The van der Waals surface area contributed by atoms with E-state index < -0.39 is 0 Å². The maximum absolute atomic E-state index is 11.2. The van der Waals surface area contributed by atoms with Gasteiger partial charge in [0, 0.05) is 6.04 Å². The van der Waals surface area contributed by atoms with Crippen LogP contribution in [0.3, 0.4) is 0 Å². The summed E-state index contributed by atoms with van der Waals surface area (Å²) in [5.41, 5.74) is 1.28. The Labute approximate surface area is 127 Å². The van der Waals surface area contributed by atoms with Crippen molar-refractivity contribution in [2.75, 3.05) is 19.8 Å². The van der Waals surface area contributed by atoms with E-state index in [2.05, 4.69) is 19.2 Å². The van der Waals surface area contributed by atoms with Crippen molar-refractivity contribution in [3.63, 3.8) is 0 Å². The Morgan fingerprint density at radius 3 is 2.57 bits per heavy atom. The third-order valence-corrected chi connectivity index (χ3v) is 3.19. The highest BCUT2D eigenvalue weighted by Crippen LogP contribution is 2.14. The number of hydrogen-bond acceptors (Lipinski definition) is 4. The Hall–Kier alpha value is -1.55. The highest BCUT2D eigenvalue weighted by Gasteiger charge is 2.04. The summed E-state index contributed by atoms with van der Waals surface area (Å²) in [7, 11) is 0. The van der Waals surface area contributed by atoms with Crippen LogP contribution in [-0.4, -0.2) is 31.8 Å². The van der Waals surface area contributed by atoms with Gasteiger partial charge in [0.2, 0.25) is 0 Å². The molecule has 0 aliphatic carbocycles. The van der Waals surface area contributed by atoms with Crippen molar-refractivity contribution in [1.82, 2.24) is 5.32 Å². The standard InChI is InChI=1S/C17H27NO3/c1-4-12-18-14(3)6-7-15-8-10-16(11-9-15)21-13-17(19)20-5-2/h8-11,14,18H,4-7,12-13H2,1-3H3. The van der Waals surface area contributed by atoms with Gasteiger partial charge in [0.25, 0.3) is 0 Å². The lowest BCUT2D eigenvalue weighted by atomic mass is 10.1. The molecule has 1 aromatic rings. The first-order valence-corrected chi connectivity index (χ1v) is 7.76. The van der Waals surface area contributed by atoms with Crippen molar-refractivity contribution in [1.29, 1.82) is 0 Å². The molecule has 1 atom stereocenters. The predicted molar refractivity (Wildman–Crippen MR) is 84.6 cm³/mol. The fraction of sp³-hybridized carbons (Fsp3) is 0.588. The van der Waals surface area contributed by atoms with Crippen molar-refractivity contribution in [3.8, 4) is 5.75 Å². The average Bonchev–Trinajstić information content (AvgIpc) is 2.50. The van der Waals surface area contributed by atoms with Crippen molar-refractivity contribution < 1.29 is 14.3 Å². The van der Waals surface area contributed by atoms with Crippen molar-refractivity contribution >= 4 is 5.97 Å². The molecule has 0 aliphatic heterocycles. The summed E-state index contributed by atoms with van der Waals surface area (Å²) >= 11 is 0. The molecule has 0 radical (unpaired) electrons. The molecule has 0 bridgehead atoms. The lowest BCUT2D eigenvalue weighted by molar-refractivity contribution is -0.145. The van der Waals surface area contributed by atoms with E-state index >= 15 is 0 Å². The lowest BCUT2D eigenvalue weighted by Crippen LogP contribution is -2.27. The third kappa shape index (κ3) is 7.71. The average molecular weight is 293 g/mol. The van der Waals surface area contributed by atoms with Crippen LogP contribution < -0.4 is 10.1 Å². The number of aryl methyl sites for hydroxylation is 1. The van der Waals surface area contributed by atoms with E-state index in [0.717, 1.165) is 25.8 Å². The van der Waals surface area contributed by atoms with Gasteiger partial charge < -0.3 is 14.8 Å². The van der Waals surface area contributed by atoms with Crippen LogP contribution in [0.2, 0.25) is 0 Å². The highest BCUT2D eigenvalue weighted by molar-refractivity contribution is 5.71. The molecule has 0 aromatic heterocycles. The smallest absolute Gasteiger partial charge is 0.344 e. The molecular formula is C17H27NO3. The Bertz CT molecular complexity index is 403. The fourth-order valence-electron chi connectivity index (χ4n) is 1.97. The zero-order valence-electron chi connectivity index (χ0n) is 13.4. The quantitative estimate of drug-likeness (QED) is 0.674. The number of benzene rings is 1. The normalized spacial score (nSPS) is 12.0. The molecule has 4 heteroatoms. The van der Waals surface area contributed by atoms with Crippen LogP contribution in [0.5, 0.6) is 5.75 Å². The van der Waals surface area contributed by atoms with Crippen molar-refractivity contribution in [3.05, 3.63) is 29.8 Å². The monoisotopic (exact) mass is 293 g/mol. The number of carbonyl (C=O) groups is 1. The fourth-order valence-corrected chi connectivity index (χ4v) is 1.97. The second-order valence-electron chi connectivity index (χ2n) is 5.13. The minimum absolute atomic E-state index is 0.0365. The zero-order chi connectivity index (χ0) is 15.5. The van der Waals surface area contributed by atoms with Crippen LogP contribution in [0.15, 0.2) is 24.3 Å². The SMILES string of the molecule is CCCNC(C)CCc1ccc(OCC(=O)OCC)cc1. The van der Waals surface area contributed by atoms with E-state index in [1.165, 1.54) is 5.56 Å². The predicted octanol–water partition coefficient (Wildman–Crippen LogP) is 2.95. The van der Waals surface area contributed by atoms with Gasteiger partial charge in [-0.25, -0.2) is 4.79 Å². The molecule has 0 saturated heterocycles. The van der Waals surface area contributed by atoms with Crippen LogP contribution in [0.1, 0.15) is 39.2 Å². The van der Waals surface area contributed by atoms with Gasteiger partial charge in [-0.2, -0.15) is 0 Å². The summed E-state index contributed by atoms with van der Waals surface area (Å²) in [6, 6.07) is 8.43. The summed E-state index contributed by atoms with van der Waals surface area (Å²) in [6.07, 6.45) is 3.32. The maximum atomic E-state index is 11.2. The topological polar surface area (TPSA) is 47.6 Å².